The molecular weight excluding hydrogens is 464 g/mol. The summed E-state index contributed by atoms with van der Waals surface area (Å²) in [5.74, 6) is -0.832. The molecule has 2 aromatic rings. The molecule has 0 saturated heterocycles. The molecule has 10 nitrogen and oxygen atoms in total. The van der Waals surface area contributed by atoms with Crippen LogP contribution in [0.3, 0.4) is 0 Å². The average Bonchev–Trinajstić information content (AvgIpc) is 2.90. The zero-order valence-corrected chi connectivity index (χ0v) is 20.7. The molecule has 0 fully saturated rings. The van der Waals surface area contributed by atoms with Gasteiger partial charge in [0.1, 0.15) is 11.5 Å². The van der Waals surface area contributed by atoms with E-state index in [1.54, 1.807) is 48.5 Å². The van der Waals surface area contributed by atoms with Gasteiger partial charge in [-0.2, -0.15) is 0 Å². The molecule has 4 amide bonds. The Labute approximate surface area is 211 Å². The van der Waals surface area contributed by atoms with E-state index >= 15 is 0 Å². The summed E-state index contributed by atoms with van der Waals surface area (Å²) in [6.07, 6.45) is 2.70. The maximum absolute atomic E-state index is 12.4. The van der Waals surface area contributed by atoms with Crippen LogP contribution in [0.1, 0.15) is 73.1 Å². The van der Waals surface area contributed by atoms with Crippen LogP contribution in [0.2, 0.25) is 0 Å². The Hall–Kier alpha value is -4.08. The summed E-state index contributed by atoms with van der Waals surface area (Å²) in [5.41, 5.74) is 10.1. The molecule has 0 aliphatic rings. The lowest BCUT2D eigenvalue weighted by atomic mass is 10.2. The van der Waals surface area contributed by atoms with Gasteiger partial charge in [0.2, 0.25) is 11.8 Å². The van der Waals surface area contributed by atoms with Gasteiger partial charge in [0, 0.05) is 12.8 Å². The minimum atomic E-state index is -0.480. The van der Waals surface area contributed by atoms with Crippen LogP contribution in [0.4, 0.5) is 0 Å². The van der Waals surface area contributed by atoms with Gasteiger partial charge in [-0.15, -0.1) is 0 Å². The number of ether oxygens (including phenoxy) is 2. The van der Waals surface area contributed by atoms with Crippen LogP contribution in [-0.2, 0) is 9.59 Å². The molecule has 0 aromatic heterocycles. The van der Waals surface area contributed by atoms with E-state index in [-0.39, 0.29) is 24.7 Å². The Balaban J connectivity index is 1.65. The van der Waals surface area contributed by atoms with Crippen LogP contribution in [0.15, 0.2) is 48.5 Å². The summed E-state index contributed by atoms with van der Waals surface area (Å²) < 4.78 is 11.1. The molecule has 0 spiro atoms. The minimum absolute atomic E-state index is 0.121. The maximum Gasteiger partial charge on any atom is 0.273 e. The van der Waals surface area contributed by atoms with Crippen LogP contribution in [0.25, 0.3) is 0 Å². The lowest BCUT2D eigenvalue weighted by Gasteiger charge is -2.12. The lowest BCUT2D eigenvalue weighted by molar-refractivity contribution is -0.123. The maximum atomic E-state index is 12.4. The lowest BCUT2D eigenvalue weighted by Crippen LogP contribution is -2.42. The van der Waals surface area contributed by atoms with Crippen LogP contribution < -0.4 is 31.2 Å². The monoisotopic (exact) mass is 498 g/mol. The Morgan fingerprint density at radius 1 is 0.611 bits per heavy atom. The first kappa shape index (κ1) is 28.2. The number of rotatable bonds is 13. The number of hydrogen-bond donors (Lipinski definition) is 4. The van der Waals surface area contributed by atoms with Crippen LogP contribution in [0.5, 0.6) is 11.5 Å². The number of para-hydroxylation sites is 2. The van der Waals surface area contributed by atoms with Gasteiger partial charge in [-0.3, -0.25) is 40.9 Å². The average molecular weight is 499 g/mol. The van der Waals surface area contributed by atoms with Crippen molar-refractivity contribution in [3.05, 3.63) is 59.7 Å². The Morgan fingerprint density at radius 3 is 1.39 bits per heavy atom. The highest BCUT2D eigenvalue weighted by atomic mass is 16.5. The van der Waals surface area contributed by atoms with Gasteiger partial charge >= 0.3 is 0 Å². The van der Waals surface area contributed by atoms with E-state index < -0.39 is 11.8 Å². The summed E-state index contributed by atoms with van der Waals surface area (Å²) >= 11 is 0. The highest BCUT2D eigenvalue weighted by molar-refractivity contribution is 5.98. The van der Waals surface area contributed by atoms with Crippen LogP contribution in [0, 0.1) is 0 Å². The molecule has 0 aliphatic heterocycles. The SMILES string of the molecule is CCCOc1ccccc1C(=O)NNC(=O)CCCCC(=O)NNC(=O)c1ccccc1OCCC. The Morgan fingerprint density at radius 2 is 1.00 bits per heavy atom. The number of benzene rings is 2. The molecule has 0 heterocycles. The molecule has 0 aliphatic carbocycles. The van der Waals surface area contributed by atoms with Crippen molar-refractivity contribution in [2.24, 2.45) is 0 Å². The van der Waals surface area contributed by atoms with E-state index in [2.05, 4.69) is 21.7 Å². The fourth-order valence-corrected chi connectivity index (χ4v) is 3.07. The van der Waals surface area contributed by atoms with Crippen molar-refractivity contribution in [1.82, 2.24) is 21.7 Å². The zero-order chi connectivity index (χ0) is 26.2. The third-order valence-electron chi connectivity index (χ3n) is 4.88. The molecule has 36 heavy (non-hydrogen) atoms. The third-order valence-corrected chi connectivity index (χ3v) is 4.88. The molecule has 0 unspecified atom stereocenters. The van der Waals surface area contributed by atoms with E-state index in [9.17, 15) is 19.2 Å². The quantitative estimate of drug-likeness (QED) is 0.248. The minimum Gasteiger partial charge on any atom is -0.493 e. The van der Waals surface area contributed by atoms with Gasteiger partial charge in [-0.05, 0) is 49.9 Å². The molecule has 0 atom stereocenters. The van der Waals surface area contributed by atoms with E-state index in [4.69, 9.17) is 9.47 Å². The largest absolute Gasteiger partial charge is 0.493 e. The first-order valence-electron chi connectivity index (χ1n) is 12.1. The predicted molar refractivity (Wildman–Crippen MR) is 134 cm³/mol. The van der Waals surface area contributed by atoms with E-state index in [0.29, 0.717) is 48.7 Å². The number of carbonyl (C=O) groups is 4. The van der Waals surface area contributed by atoms with Crippen molar-refractivity contribution in [1.29, 1.82) is 0 Å². The summed E-state index contributed by atoms with van der Waals surface area (Å²) in [6.45, 7) is 4.89. The number of unbranched alkanes of at least 4 members (excludes halogenated alkanes) is 1. The summed E-state index contributed by atoms with van der Waals surface area (Å²) in [4.78, 5) is 48.8. The smallest absolute Gasteiger partial charge is 0.273 e. The van der Waals surface area contributed by atoms with Crippen LogP contribution in [-0.4, -0.2) is 36.8 Å². The van der Waals surface area contributed by atoms with Crippen molar-refractivity contribution in [2.75, 3.05) is 13.2 Å². The summed E-state index contributed by atoms with van der Waals surface area (Å²) in [5, 5.41) is 0. The second kappa shape index (κ2) is 15.8. The van der Waals surface area contributed by atoms with E-state index in [0.717, 1.165) is 12.8 Å². The molecule has 0 radical (unpaired) electrons. The Bertz CT molecular complexity index is 945. The highest BCUT2D eigenvalue weighted by Gasteiger charge is 2.14. The molecular formula is C26H34N4O6. The van der Waals surface area contributed by atoms with Crippen molar-refractivity contribution in [2.45, 2.75) is 52.4 Å². The molecule has 2 rings (SSSR count). The van der Waals surface area contributed by atoms with Gasteiger partial charge < -0.3 is 9.47 Å². The number of carbonyl (C=O) groups excluding carboxylic acids is 4. The fraction of sp³-hybridized carbons (Fsp3) is 0.385. The number of nitrogens with one attached hydrogen (secondary N) is 4. The second-order valence-electron chi connectivity index (χ2n) is 7.90. The molecule has 10 heteroatoms. The van der Waals surface area contributed by atoms with Gasteiger partial charge in [0.15, 0.2) is 0 Å². The topological polar surface area (TPSA) is 135 Å². The van der Waals surface area contributed by atoms with Crippen molar-refractivity contribution in [3.63, 3.8) is 0 Å². The van der Waals surface area contributed by atoms with Gasteiger partial charge in [-0.1, -0.05) is 38.1 Å². The van der Waals surface area contributed by atoms with Crippen molar-refractivity contribution in [3.8, 4) is 11.5 Å². The van der Waals surface area contributed by atoms with Crippen LogP contribution >= 0.6 is 0 Å². The fourth-order valence-electron chi connectivity index (χ4n) is 3.07. The van der Waals surface area contributed by atoms with Gasteiger partial charge in [-0.25, -0.2) is 0 Å². The second-order valence-corrected chi connectivity index (χ2v) is 7.90. The Kier molecular flexibility index (Phi) is 12.3. The number of hydrazine groups is 2. The molecule has 0 bridgehead atoms. The van der Waals surface area contributed by atoms with Crippen molar-refractivity contribution < 1.29 is 28.7 Å². The van der Waals surface area contributed by atoms with E-state index in [1.165, 1.54) is 0 Å². The first-order valence-corrected chi connectivity index (χ1v) is 12.1. The molecule has 0 saturated carbocycles. The zero-order valence-electron chi connectivity index (χ0n) is 20.7. The van der Waals surface area contributed by atoms with Gasteiger partial charge in [0.05, 0.1) is 24.3 Å². The van der Waals surface area contributed by atoms with E-state index in [1.807, 2.05) is 13.8 Å². The molecule has 4 N–H and O–H groups in total. The molecule has 2 aromatic carbocycles. The third kappa shape index (κ3) is 9.65. The number of amides is 4. The predicted octanol–water partition coefficient (Wildman–Crippen LogP) is 3.05. The molecule has 194 valence electrons. The van der Waals surface area contributed by atoms with Gasteiger partial charge in [0.25, 0.3) is 11.8 Å². The van der Waals surface area contributed by atoms with Crippen molar-refractivity contribution >= 4 is 23.6 Å². The highest BCUT2D eigenvalue weighted by Crippen LogP contribution is 2.18. The summed E-state index contributed by atoms with van der Waals surface area (Å²) in [7, 11) is 0. The number of hydrogen-bond acceptors (Lipinski definition) is 6. The normalized spacial score (nSPS) is 10.2. The first-order chi connectivity index (χ1) is 17.5. The summed E-state index contributed by atoms with van der Waals surface area (Å²) in [6, 6.07) is 13.6. The standard InChI is InChI=1S/C26H34N4O6/c1-3-17-35-21-13-7-5-11-19(21)25(33)29-27-23(31)15-9-10-16-24(32)28-30-26(34)20-12-6-8-14-22(20)36-18-4-2/h5-8,11-14H,3-4,9-10,15-18H2,1-2H3,(H,27,31)(H,28,32)(H,29,33)(H,30,34).